The molecule has 8 heteroatoms. The lowest BCUT2D eigenvalue weighted by atomic mass is 9.81. The summed E-state index contributed by atoms with van der Waals surface area (Å²) in [5.74, 6) is -2.14. The molecule has 0 aliphatic heterocycles. The van der Waals surface area contributed by atoms with Crippen LogP contribution in [0.25, 0.3) is 0 Å². The smallest absolute Gasteiger partial charge is 0.320 e. The van der Waals surface area contributed by atoms with Crippen LogP contribution in [0.3, 0.4) is 0 Å². The van der Waals surface area contributed by atoms with Gasteiger partial charge in [-0.05, 0) is 43.2 Å². The van der Waals surface area contributed by atoms with Crippen LogP contribution in [0.1, 0.15) is 32.1 Å². The van der Waals surface area contributed by atoms with Crippen LogP contribution in [0.2, 0.25) is 5.02 Å². The molecule has 2 aromatic carbocycles. The first kappa shape index (κ1) is 20.1. The molecule has 3 N–H and O–H groups in total. The van der Waals surface area contributed by atoms with Gasteiger partial charge in [0.2, 0.25) is 5.91 Å². The van der Waals surface area contributed by atoms with Gasteiger partial charge in [-0.3, -0.25) is 4.79 Å². The number of urea groups is 1. The SMILES string of the molecule is O=C(Nc1cccc(Cl)c1)NC1(C(=O)Nc2ccc(F)cc2F)CCCCC1. The van der Waals surface area contributed by atoms with Crippen molar-refractivity contribution in [2.24, 2.45) is 0 Å². The van der Waals surface area contributed by atoms with Gasteiger partial charge >= 0.3 is 6.03 Å². The van der Waals surface area contributed by atoms with Crippen LogP contribution in [-0.4, -0.2) is 17.5 Å². The molecule has 1 saturated carbocycles. The number of benzene rings is 2. The van der Waals surface area contributed by atoms with Gasteiger partial charge in [-0.1, -0.05) is 36.9 Å². The molecular formula is C20H20ClF2N3O2. The first-order valence-electron chi connectivity index (χ1n) is 8.99. The number of nitrogens with one attached hydrogen (secondary N) is 3. The highest BCUT2D eigenvalue weighted by Crippen LogP contribution is 2.30. The molecule has 0 heterocycles. The molecule has 1 fully saturated rings. The Morgan fingerprint density at radius 2 is 1.71 bits per heavy atom. The quantitative estimate of drug-likeness (QED) is 0.661. The van der Waals surface area contributed by atoms with Crippen molar-refractivity contribution in [1.29, 1.82) is 0 Å². The summed E-state index contributed by atoms with van der Waals surface area (Å²) in [5.41, 5.74) is -0.823. The zero-order valence-electron chi connectivity index (χ0n) is 15.0. The second-order valence-electron chi connectivity index (χ2n) is 6.81. The Morgan fingerprint density at radius 1 is 0.964 bits per heavy atom. The van der Waals surface area contributed by atoms with E-state index in [0.29, 0.717) is 29.6 Å². The maximum atomic E-state index is 13.9. The van der Waals surface area contributed by atoms with E-state index in [2.05, 4.69) is 16.0 Å². The van der Waals surface area contributed by atoms with Gasteiger partial charge < -0.3 is 16.0 Å². The number of carbonyl (C=O) groups excluding carboxylic acids is 2. The van der Waals surface area contributed by atoms with Crippen molar-refractivity contribution >= 4 is 34.9 Å². The Balaban J connectivity index is 1.75. The largest absolute Gasteiger partial charge is 0.323 e. The number of amides is 3. The molecule has 0 saturated heterocycles. The van der Waals surface area contributed by atoms with Gasteiger partial charge in [-0.25, -0.2) is 13.6 Å². The normalized spacial score (nSPS) is 15.5. The van der Waals surface area contributed by atoms with Crippen molar-refractivity contribution in [2.45, 2.75) is 37.6 Å². The summed E-state index contributed by atoms with van der Waals surface area (Å²) in [5, 5.41) is 8.35. The van der Waals surface area contributed by atoms with E-state index in [1.807, 2.05) is 0 Å². The number of anilines is 2. The molecule has 0 bridgehead atoms. The van der Waals surface area contributed by atoms with Gasteiger partial charge in [-0.2, -0.15) is 0 Å². The number of rotatable bonds is 4. The lowest BCUT2D eigenvalue weighted by Gasteiger charge is -2.36. The maximum absolute atomic E-state index is 13.9. The standard InChI is InChI=1S/C20H20ClF2N3O2/c21-13-5-4-6-15(11-13)24-19(28)26-20(9-2-1-3-10-20)18(27)25-17-8-7-14(22)12-16(17)23/h4-8,11-12H,1-3,9-10H2,(H,25,27)(H2,24,26,28). The van der Waals surface area contributed by atoms with Gasteiger partial charge in [-0.15, -0.1) is 0 Å². The number of hydrogen-bond donors (Lipinski definition) is 3. The van der Waals surface area contributed by atoms with Crippen LogP contribution < -0.4 is 16.0 Å². The summed E-state index contributed by atoms with van der Waals surface area (Å²) in [4.78, 5) is 25.4. The van der Waals surface area contributed by atoms with Crippen molar-refractivity contribution in [3.05, 3.63) is 59.1 Å². The Bertz CT molecular complexity index is 886. The molecule has 3 rings (SSSR count). The van der Waals surface area contributed by atoms with Crippen LogP contribution in [0.5, 0.6) is 0 Å². The second-order valence-corrected chi connectivity index (χ2v) is 7.25. The molecular weight excluding hydrogens is 388 g/mol. The predicted molar refractivity (Wildman–Crippen MR) is 104 cm³/mol. The summed E-state index contributed by atoms with van der Waals surface area (Å²) < 4.78 is 27.0. The maximum Gasteiger partial charge on any atom is 0.320 e. The minimum atomic E-state index is -1.18. The van der Waals surface area contributed by atoms with Crippen molar-refractivity contribution in [3.8, 4) is 0 Å². The van der Waals surface area contributed by atoms with E-state index < -0.39 is 29.1 Å². The first-order chi connectivity index (χ1) is 13.4. The third-order valence-electron chi connectivity index (χ3n) is 4.76. The molecule has 0 aromatic heterocycles. The number of hydrogen-bond acceptors (Lipinski definition) is 2. The van der Waals surface area contributed by atoms with Crippen LogP contribution in [0, 0.1) is 11.6 Å². The fraction of sp³-hybridized carbons (Fsp3) is 0.300. The molecule has 0 atom stereocenters. The molecule has 28 heavy (non-hydrogen) atoms. The van der Waals surface area contributed by atoms with Crippen molar-refractivity contribution in [1.82, 2.24) is 5.32 Å². The molecule has 1 aliphatic carbocycles. The molecule has 5 nitrogen and oxygen atoms in total. The van der Waals surface area contributed by atoms with Crippen LogP contribution in [0.15, 0.2) is 42.5 Å². The van der Waals surface area contributed by atoms with Crippen LogP contribution >= 0.6 is 11.6 Å². The van der Waals surface area contributed by atoms with E-state index in [-0.39, 0.29) is 5.69 Å². The average Bonchev–Trinajstić information content (AvgIpc) is 2.64. The Hall–Kier alpha value is -2.67. The van der Waals surface area contributed by atoms with Gasteiger partial charge in [0.25, 0.3) is 0 Å². The molecule has 148 valence electrons. The van der Waals surface area contributed by atoms with E-state index in [1.54, 1.807) is 24.3 Å². The van der Waals surface area contributed by atoms with Gasteiger partial charge in [0.15, 0.2) is 0 Å². The van der Waals surface area contributed by atoms with E-state index in [1.165, 1.54) is 0 Å². The van der Waals surface area contributed by atoms with Crippen LogP contribution in [-0.2, 0) is 4.79 Å². The second kappa shape index (κ2) is 8.56. The summed E-state index contributed by atoms with van der Waals surface area (Å²) in [6.45, 7) is 0. The van der Waals surface area contributed by atoms with Crippen molar-refractivity contribution in [3.63, 3.8) is 0 Å². The van der Waals surface area contributed by atoms with E-state index >= 15 is 0 Å². The Labute approximate surface area is 166 Å². The minimum absolute atomic E-state index is 0.131. The van der Waals surface area contributed by atoms with Gasteiger partial charge in [0, 0.05) is 16.8 Å². The summed E-state index contributed by atoms with van der Waals surface area (Å²) in [7, 11) is 0. The highest BCUT2D eigenvalue weighted by Gasteiger charge is 2.41. The van der Waals surface area contributed by atoms with E-state index in [4.69, 9.17) is 11.6 Å². The molecule has 0 spiro atoms. The zero-order valence-corrected chi connectivity index (χ0v) is 15.8. The topological polar surface area (TPSA) is 70.2 Å². The summed E-state index contributed by atoms with van der Waals surface area (Å²) >= 11 is 5.92. The fourth-order valence-electron chi connectivity index (χ4n) is 3.34. The fourth-order valence-corrected chi connectivity index (χ4v) is 3.53. The molecule has 3 amide bonds. The van der Waals surface area contributed by atoms with Crippen LogP contribution in [0.4, 0.5) is 25.0 Å². The zero-order chi connectivity index (χ0) is 20.1. The van der Waals surface area contributed by atoms with E-state index in [0.717, 1.165) is 31.4 Å². The third kappa shape index (κ3) is 4.78. The summed E-state index contributed by atoms with van der Waals surface area (Å²) in [6, 6.07) is 8.99. The lowest BCUT2D eigenvalue weighted by Crippen LogP contribution is -2.58. The highest BCUT2D eigenvalue weighted by atomic mass is 35.5. The van der Waals surface area contributed by atoms with Gasteiger partial charge in [0.05, 0.1) is 5.69 Å². The molecule has 1 aliphatic rings. The summed E-state index contributed by atoms with van der Waals surface area (Å²) in [6.07, 6.45) is 3.28. The van der Waals surface area contributed by atoms with Gasteiger partial charge in [0.1, 0.15) is 17.2 Å². The van der Waals surface area contributed by atoms with Crippen molar-refractivity contribution < 1.29 is 18.4 Å². The third-order valence-corrected chi connectivity index (χ3v) is 4.99. The monoisotopic (exact) mass is 407 g/mol. The first-order valence-corrected chi connectivity index (χ1v) is 9.37. The molecule has 0 unspecified atom stereocenters. The Morgan fingerprint density at radius 3 is 2.39 bits per heavy atom. The Kier molecular flexibility index (Phi) is 6.14. The number of halogens is 3. The van der Waals surface area contributed by atoms with E-state index in [9.17, 15) is 18.4 Å². The number of carbonyl (C=O) groups is 2. The van der Waals surface area contributed by atoms with Crippen molar-refractivity contribution in [2.75, 3.05) is 10.6 Å². The minimum Gasteiger partial charge on any atom is -0.323 e. The highest BCUT2D eigenvalue weighted by molar-refractivity contribution is 6.30. The molecule has 0 radical (unpaired) electrons. The predicted octanol–water partition coefficient (Wildman–Crippen LogP) is 5.08. The molecule has 2 aromatic rings. The average molecular weight is 408 g/mol. The lowest BCUT2D eigenvalue weighted by molar-refractivity contribution is -0.123.